The van der Waals surface area contributed by atoms with Gasteiger partial charge in [-0.15, -0.1) is 0 Å². The second-order valence-corrected chi connectivity index (χ2v) is 3.09. The molecule has 0 aromatic rings. The number of nitrogens with one attached hydrogen (secondary N) is 1. The predicted octanol–water partition coefficient (Wildman–Crippen LogP) is 0.285. The average Bonchev–Trinajstić information content (AvgIpc) is 2.13. The molecule has 13 heavy (non-hydrogen) atoms. The lowest BCUT2D eigenvalue weighted by molar-refractivity contribution is -0.120. The Balaban J connectivity index is 3.64. The quantitative estimate of drug-likeness (QED) is 0.250. The number of hydrogen-bond donors (Lipinski definition) is 3. The normalized spacial score (nSPS) is 13.8. The molecule has 0 saturated carbocycles. The number of nitrogens with two attached hydrogens (primary N) is 1. The van der Waals surface area contributed by atoms with E-state index in [0.29, 0.717) is 12.5 Å². The van der Waals surface area contributed by atoms with Crippen molar-refractivity contribution in [3.05, 3.63) is 0 Å². The van der Waals surface area contributed by atoms with E-state index in [-0.39, 0.29) is 18.2 Å². The summed E-state index contributed by atoms with van der Waals surface area (Å²) in [4.78, 5) is 11.0. The zero-order valence-electron chi connectivity index (χ0n) is 8.08. The summed E-state index contributed by atoms with van der Waals surface area (Å²) < 4.78 is 0. The third-order valence-corrected chi connectivity index (χ3v) is 1.81. The highest BCUT2D eigenvalue weighted by atomic mass is 16.4. The van der Waals surface area contributed by atoms with Gasteiger partial charge < -0.3 is 16.3 Å². The van der Waals surface area contributed by atoms with E-state index in [4.69, 9.17) is 10.9 Å². The first-order chi connectivity index (χ1) is 6.10. The van der Waals surface area contributed by atoms with Crippen LogP contribution in [0.1, 0.15) is 26.7 Å². The monoisotopic (exact) mass is 187 g/mol. The second kappa shape index (κ2) is 6.28. The lowest BCUT2D eigenvalue weighted by Crippen LogP contribution is -2.31. The molecule has 0 bridgehead atoms. The molecule has 0 aromatic heterocycles. The number of oxime groups is 1. The molecule has 76 valence electrons. The van der Waals surface area contributed by atoms with Crippen molar-refractivity contribution in [1.29, 1.82) is 0 Å². The summed E-state index contributed by atoms with van der Waals surface area (Å²) in [5, 5.41) is 13.6. The van der Waals surface area contributed by atoms with Gasteiger partial charge in [0.2, 0.25) is 5.91 Å². The van der Waals surface area contributed by atoms with Crippen LogP contribution >= 0.6 is 0 Å². The summed E-state index contributed by atoms with van der Waals surface area (Å²) >= 11 is 0. The maximum atomic E-state index is 11.0. The molecule has 0 radical (unpaired) electrons. The summed E-state index contributed by atoms with van der Waals surface area (Å²) in [5.74, 6) is 0.175. The van der Waals surface area contributed by atoms with Gasteiger partial charge in [-0.2, -0.15) is 0 Å². The molecule has 0 aliphatic heterocycles. The van der Waals surface area contributed by atoms with Gasteiger partial charge in [0.1, 0.15) is 5.84 Å². The molecule has 0 spiro atoms. The zero-order valence-corrected chi connectivity index (χ0v) is 8.08. The molecule has 5 nitrogen and oxygen atoms in total. The molecule has 1 amide bonds. The number of amides is 1. The lowest BCUT2D eigenvalue weighted by atomic mass is 10.1. The molecule has 1 unspecified atom stereocenters. The van der Waals surface area contributed by atoms with Crippen LogP contribution in [0.15, 0.2) is 5.16 Å². The van der Waals surface area contributed by atoms with Gasteiger partial charge in [0.15, 0.2) is 0 Å². The van der Waals surface area contributed by atoms with Crippen LogP contribution in [-0.4, -0.2) is 23.5 Å². The van der Waals surface area contributed by atoms with Crippen molar-refractivity contribution in [2.75, 3.05) is 6.54 Å². The van der Waals surface area contributed by atoms with Crippen LogP contribution in [0.3, 0.4) is 0 Å². The summed E-state index contributed by atoms with van der Waals surface area (Å²) in [6.07, 6.45) is 0.969. The van der Waals surface area contributed by atoms with E-state index in [1.165, 1.54) is 0 Å². The molecular formula is C8H17N3O2. The molecule has 0 aliphatic rings. The van der Waals surface area contributed by atoms with E-state index in [9.17, 15) is 4.79 Å². The van der Waals surface area contributed by atoms with E-state index in [1.807, 2.05) is 6.92 Å². The Morgan fingerprint density at radius 1 is 1.69 bits per heavy atom. The molecule has 0 rings (SSSR count). The number of rotatable bonds is 5. The Hall–Kier alpha value is -1.26. The molecule has 0 fully saturated rings. The van der Waals surface area contributed by atoms with Crippen LogP contribution in [0.5, 0.6) is 0 Å². The van der Waals surface area contributed by atoms with Gasteiger partial charge in [0, 0.05) is 6.54 Å². The van der Waals surface area contributed by atoms with E-state index in [0.717, 1.165) is 6.42 Å². The fourth-order valence-electron chi connectivity index (χ4n) is 0.695. The SMILES string of the molecule is CCC(C)CNC(=O)CC(N)=NO. The maximum Gasteiger partial charge on any atom is 0.227 e. The number of carbonyl (C=O) groups excluding carboxylic acids is 1. The predicted molar refractivity (Wildman–Crippen MR) is 50.5 cm³/mol. The van der Waals surface area contributed by atoms with E-state index in [1.54, 1.807) is 0 Å². The van der Waals surface area contributed by atoms with Crippen molar-refractivity contribution in [3.8, 4) is 0 Å². The minimum Gasteiger partial charge on any atom is -0.409 e. The smallest absolute Gasteiger partial charge is 0.227 e. The standard InChI is InChI=1S/C8H17N3O2/c1-3-6(2)5-10-8(12)4-7(9)11-13/h6,13H,3-5H2,1-2H3,(H2,9,11)(H,10,12). The fourth-order valence-corrected chi connectivity index (χ4v) is 0.695. The van der Waals surface area contributed by atoms with Crippen LogP contribution in [0.2, 0.25) is 0 Å². The molecule has 0 heterocycles. The first kappa shape index (κ1) is 11.7. The van der Waals surface area contributed by atoms with Crippen molar-refractivity contribution in [3.63, 3.8) is 0 Å². The Morgan fingerprint density at radius 2 is 2.31 bits per heavy atom. The third-order valence-electron chi connectivity index (χ3n) is 1.81. The topological polar surface area (TPSA) is 87.7 Å². The van der Waals surface area contributed by atoms with E-state index in [2.05, 4.69) is 17.4 Å². The van der Waals surface area contributed by atoms with Crippen LogP contribution in [0, 0.1) is 5.92 Å². The van der Waals surface area contributed by atoms with Crippen LogP contribution in [-0.2, 0) is 4.79 Å². The van der Waals surface area contributed by atoms with Crippen LogP contribution in [0.25, 0.3) is 0 Å². The van der Waals surface area contributed by atoms with Crippen molar-refractivity contribution in [1.82, 2.24) is 5.32 Å². The van der Waals surface area contributed by atoms with Gasteiger partial charge in [-0.05, 0) is 5.92 Å². The first-order valence-electron chi connectivity index (χ1n) is 4.33. The Bertz CT molecular complexity index is 192. The molecule has 0 saturated heterocycles. The summed E-state index contributed by atoms with van der Waals surface area (Å²) in [6.45, 7) is 4.73. The highest BCUT2D eigenvalue weighted by Gasteiger charge is 2.05. The van der Waals surface area contributed by atoms with Gasteiger partial charge in [0.25, 0.3) is 0 Å². The number of hydrogen-bond acceptors (Lipinski definition) is 3. The first-order valence-corrected chi connectivity index (χ1v) is 4.33. The number of nitrogens with zero attached hydrogens (tertiary/aromatic N) is 1. The Kier molecular flexibility index (Phi) is 5.67. The summed E-state index contributed by atoms with van der Waals surface area (Å²) in [6, 6.07) is 0. The van der Waals surface area contributed by atoms with Crippen LogP contribution < -0.4 is 11.1 Å². The van der Waals surface area contributed by atoms with Crippen molar-refractivity contribution in [2.45, 2.75) is 26.7 Å². The minimum atomic E-state index is -0.212. The van der Waals surface area contributed by atoms with Crippen molar-refractivity contribution in [2.24, 2.45) is 16.8 Å². The Morgan fingerprint density at radius 3 is 2.77 bits per heavy atom. The molecule has 1 atom stereocenters. The largest absolute Gasteiger partial charge is 0.409 e. The summed E-state index contributed by atoms with van der Waals surface area (Å²) in [5.41, 5.74) is 5.15. The van der Waals surface area contributed by atoms with Gasteiger partial charge in [0.05, 0.1) is 6.42 Å². The van der Waals surface area contributed by atoms with E-state index < -0.39 is 0 Å². The number of amidine groups is 1. The number of carbonyl (C=O) groups is 1. The highest BCUT2D eigenvalue weighted by molar-refractivity contribution is 5.98. The third kappa shape index (κ3) is 5.95. The van der Waals surface area contributed by atoms with Crippen molar-refractivity contribution >= 4 is 11.7 Å². The van der Waals surface area contributed by atoms with Gasteiger partial charge >= 0.3 is 0 Å². The van der Waals surface area contributed by atoms with Crippen LogP contribution in [0.4, 0.5) is 0 Å². The van der Waals surface area contributed by atoms with E-state index >= 15 is 0 Å². The molecule has 4 N–H and O–H groups in total. The van der Waals surface area contributed by atoms with Gasteiger partial charge in [-0.25, -0.2) is 0 Å². The van der Waals surface area contributed by atoms with Gasteiger partial charge in [-0.3, -0.25) is 4.79 Å². The Labute approximate surface area is 78.0 Å². The summed E-state index contributed by atoms with van der Waals surface area (Å²) in [7, 11) is 0. The average molecular weight is 187 g/mol. The van der Waals surface area contributed by atoms with Gasteiger partial charge in [-0.1, -0.05) is 25.4 Å². The maximum absolute atomic E-state index is 11.0. The van der Waals surface area contributed by atoms with Crippen molar-refractivity contribution < 1.29 is 10.0 Å². The molecule has 0 aliphatic carbocycles. The molecule has 0 aromatic carbocycles. The highest BCUT2D eigenvalue weighted by Crippen LogP contribution is 1.97. The molecule has 5 heteroatoms. The molecular weight excluding hydrogens is 170 g/mol. The minimum absolute atomic E-state index is 0.0487. The zero-order chi connectivity index (χ0) is 10.3. The second-order valence-electron chi connectivity index (χ2n) is 3.09. The lowest BCUT2D eigenvalue weighted by Gasteiger charge is -2.09. The fraction of sp³-hybridized carbons (Fsp3) is 0.750.